The molecule has 3 rings (SSSR count). The lowest BCUT2D eigenvalue weighted by Gasteiger charge is -2.35. The van der Waals surface area contributed by atoms with Crippen molar-refractivity contribution in [2.24, 2.45) is 35.3 Å². The first-order valence-electron chi connectivity index (χ1n) is 7.48. The molecule has 6 nitrogen and oxygen atoms in total. The largest absolute Gasteiger partial charge is 0.481 e. The number of fused-ring (bicyclic) bond motifs is 2. The van der Waals surface area contributed by atoms with Crippen molar-refractivity contribution in [3.63, 3.8) is 0 Å². The Kier molecular flexibility index (Phi) is 3.47. The summed E-state index contributed by atoms with van der Waals surface area (Å²) in [6.07, 6.45) is 5.85. The Bertz CT molecular complexity index is 508. The highest BCUT2D eigenvalue weighted by molar-refractivity contribution is 5.87. The average Bonchev–Trinajstić information content (AvgIpc) is 3.07. The number of piperidine rings is 1. The molecule has 114 valence electrons. The molecule has 1 saturated carbocycles. The number of likely N-dealkylation sites (tertiary alicyclic amines) is 1. The van der Waals surface area contributed by atoms with E-state index >= 15 is 0 Å². The third-order valence-electron chi connectivity index (χ3n) is 5.24. The lowest BCUT2D eigenvalue weighted by molar-refractivity contribution is -0.151. The van der Waals surface area contributed by atoms with E-state index in [1.54, 1.807) is 4.90 Å². The molecule has 2 aliphatic carbocycles. The van der Waals surface area contributed by atoms with E-state index in [0.29, 0.717) is 25.9 Å². The fourth-order valence-corrected chi connectivity index (χ4v) is 4.09. The Morgan fingerprint density at radius 3 is 2.14 bits per heavy atom. The molecule has 3 N–H and O–H groups in total. The standard InChI is InChI=1S/C15H20N2O4/c16-13(18)8-3-5-17(6-4-8)14(19)11-9-1-2-10(7-9)12(11)15(20)21/h1-2,8-12H,3-7H2,(H2,16,18)(H,20,21)/t9-,10-,11-,12-/m0/s1. The van der Waals surface area contributed by atoms with Crippen LogP contribution in [0.3, 0.4) is 0 Å². The highest BCUT2D eigenvalue weighted by Gasteiger charge is 2.52. The van der Waals surface area contributed by atoms with Gasteiger partial charge in [0.05, 0.1) is 11.8 Å². The number of carbonyl (C=O) groups excluding carboxylic acids is 2. The van der Waals surface area contributed by atoms with Crippen LogP contribution in [0, 0.1) is 29.6 Å². The van der Waals surface area contributed by atoms with Crippen LogP contribution in [0.25, 0.3) is 0 Å². The van der Waals surface area contributed by atoms with E-state index in [4.69, 9.17) is 5.73 Å². The second kappa shape index (κ2) is 5.16. The Balaban J connectivity index is 1.70. The number of primary amides is 1. The number of hydrogen-bond acceptors (Lipinski definition) is 3. The maximum absolute atomic E-state index is 12.7. The molecule has 1 saturated heterocycles. The molecule has 3 aliphatic rings. The lowest BCUT2D eigenvalue weighted by atomic mass is 9.81. The number of nitrogens with two attached hydrogens (primary N) is 1. The monoisotopic (exact) mass is 292 g/mol. The Morgan fingerprint density at radius 1 is 1.05 bits per heavy atom. The molecule has 0 aromatic heterocycles. The van der Waals surface area contributed by atoms with Gasteiger partial charge in [0, 0.05) is 19.0 Å². The molecule has 0 aromatic carbocycles. The van der Waals surface area contributed by atoms with Crippen molar-refractivity contribution in [3.05, 3.63) is 12.2 Å². The lowest BCUT2D eigenvalue weighted by Crippen LogP contribution is -2.47. The van der Waals surface area contributed by atoms with Crippen LogP contribution in [0.2, 0.25) is 0 Å². The summed E-state index contributed by atoms with van der Waals surface area (Å²) in [5.41, 5.74) is 5.29. The zero-order chi connectivity index (χ0) is 15.1. The molecule has 4 atom stereocenters. The van der Waals surface area contributed by atoms with Crippen molar-refractivity contribution in [3.8, 4) is 0 Å². The predicted molar refractivity (Wildman–Crippen MR) is 73.9 cm³/mol. The van der Waals surface area contributed by atoms with E-state index < -0.39 is 17.8 Å². The van der Waals surface area contributed by atoms with Crippen molar-refractivity contribution in [2.45, 2.75) is 19.3 Å². The quantitative estimate of drug-likeness (QED) is 0.727. The molecule has 1 aliphatic heterocycles. The average molecular weight is 292 g/mol. The van der Waals surface area contributed by atoms with Crippen molar-refractivity contribution < 1.29 is 19.5 Å². The van der Waals surface area contributed by atoms with Gasteiger partial charge in [-0.15, -0.1) is 0 Å². The van der Waals surface area contributed by atoms with E-state index in [9.17, 15) is 19.5 Å². The summed E-state index contributed by atoms with van der Waals surface area (Å²) < 4.78 is 0. The molecule has 0 aromatic rings. The molecule has 0 unspecified atom stereocenters. The van der Waals surface area contributed by atoms with Crippen LogP contribution >= 0.6 is 0 Å². The zero-order valence-corrected chi connectivity index (χ0v) is 11.8. The number of allylic oxidation sites excluding steroid dienone is 2. The van der Waals surface area contributed by atoms with Gasteiger partial charge in [0.15, 0.2) is 0 Å². The van der Waals surface area contributed by atoms with Crippen molar-refractivity contribution in [1.82, 2.24) is 4.90 Å². The summed E-state index contributed by atoms with van der Waals surface area (Å²) in [5, 5.41) is 9.40. The van der Waals surface area contributed by atoms with Gasteiger partial charge in [0.1, 0.15) is 0 Å². The fraction of sp³-hybridized carbons (Fsp3) is 0.667. The van der Waals surface area contributed by atoms with Crippen LogP contribution in [0.5, 0.6) is 0 Å². The van der Waals surface area contributed by atoms with Gasteiger partial charge in [-0.2, -0.15) is 0 Å². The molecule has 6 heteroatoms. The van der Waals surface area contributed by atoms with Gasteiger partial charge in [-0.3, -0.25) is 14.4 Å². The SMILES string of the molecule is NC(=O)C1CCN(C(=O)[C@@H]2[C@@H](C(=O)O)[C@H]3C=C[C@H]2C3)CC1. The first kappa shape index (κ1) is 14.1. The van der Waals surface area contributed by atoms with E-state index in [1.807, 2.05) is 12.2 Å². The van der Waals surface area contributed by atoms with Gasteiger partial charge >= 0.3 is 5.97 Å². The smallest absolute Gasteiger partial charge is 0.307 e. The molecule has 0 spiro atoms. The van der Waals surface area contributed by atoms with Gasteiger partial charge < -0.3 is 15.7 Å². The van der Waals surface area contributed by atoms with Crippen molar-refractivity contribution in [1.29, 1.82) is 0 Å². The van der Waals surface area contributed by atoms with Crippen molar-refractivity contribution >= 4 is 17.8 Å². The van der Waals surface area contributed by atoms with Crippen LogP contribution in [-0.2, 0) is 14.4 Å². The van der Waals surface area contributed by atoms with Gasteiger partial charge in [-0.25, -0.2) is 0 Å². The Hall–Kier alpha value is -1.85. The summed E-state index contributed by atoms with van der Waals surface area (Å²) in [6.45, 7) is 0.993. The highest BCUT2D eigenvalue weighted by atomic mass is 16.4. The molecule has 0 radical (unpaired) electrons. The fourth-order valence-electron chi connectivity index (χ4n) is 4.09. The molecular weight excluding hydrogens is 272 g/mol. The van der Waals surface area contributed by atoms with E-state index in [2.05, 4.69) is 0 Å². The zero-order valence-electron chi connectivity index (χ0n) is 11.8. The van der Waals surface area contributed by atoms with Gasteiger partial charge in [-0.05, 0) is 31.1 Å². The van der Waals surface area contributed by atoms with Crippen LogP contribution in [0.1, 0.15) is 19.3 Å². The summed E-state index contributed by atoms with van der Waals surface area (Å²) in [7, 11) is 0. The number of aliphatic carboxylic acids is 1. The summed E-state index contributed by atoms with van der Waals surface area (Å²) in [5.74, 6) is -2.41. The van der Waals surface area contributed by atoms with Gasteiger partial charge in [0.25, 0.3) is 0 Å². The van der Waals surface area contributed by atoms with E-state index in [-0.39, 0.29) is 29.6 Å². The minimum atomic E-state index is -0.878. The molecule has 21 heavy (non-hydrogen) atoms. The summed E-state index contributed by atoms with van der Waals surface area (Å²) in [4.78, 5) is 37.0. The third-order valence-corrected chi connectivity index (χ3v) is 5.24. The van der Waals surface area contributed by atoms with Gasteiger partial charge in [-0.1, -0.05) is 12.2 Å². The number of hydrogen-bond donors (Lipinski definition) is 2. The topological polar surface area (TPSA) is 101 Å². The van der Waals surface area contributed by atoms with Crippen molar-refractivity contribution in [2.75, 3.05) is 13.1 Å². The number of amides is 2. The highest BCUT2D eigenvalue weighted by Crippen LogP contribution is 2.49. The minimum Gasteiger partial charge on any atom is -0.481 e. The van der Waals surface area contributed by atoms with Crippen LogP contribution < -0.4 is 5.73 Å². The van der Waals surface area contributed by atoms with Crippen LogP contribution in [0.4, 0.5) is 0 Å². The van der Waals surface area contributed by atoms with Crippen LogP contribution in [-0.4, -0.2) is 40.9 Å². The molecule has 2 amide bonds. The number of carboxylic acid groups (broad SMARTS) is 1. The molecule has 2 fully saturated rings. The van der Waals surface area contributed by atoms with E-state index in [1.165, 1.54) is 0 Å². The van der Waals surface area contributed by atoms with Crippen LogP contribution in [0.15, 0.2) is 12.2 Å². The summed E-state index contributed by atoms with van der Waals surface area (Å²) in [6, 6.07) is 0. The van der Waals surface area contributed by atoms with Gasteiger partial charge in [0.2, 0.25) is 11.8 Å². The maximum atomic E-state index is 12.7. The number of carbonyl (C=O) groups is 3. The third kappa shape index (κ3) is 2.32. The number of carboxylic acids is 1. The second-order valence-corrected chi connectivity index (χ2v) is 6.34. The summed E-state index contributed by atoms with van der Waals surface area (Å²) >= 11 is 0. The normalized spacial score (nSPS) is 35.1. The maximum Gasteiger partial charge on any atom is 0.307 e. The first-order chi connectivity index (χ1) is 9.99. The van der Waals surface area contributed by atoms with E-state index in [0.717, 1.165) is 6.42 Å². The molecule has 1 heterocycles. The number of nitrogens with zero attached hydrogens (tertiary/aromatic N) is 1. The Labute approximate surface area is 123 Å². The number of rotatable bonds is 3. The first-order valence-corrected chi connectivity index (χ1v) is 7.48. The molecule has 2 bridgehead atoms. The predicted octanol–water partition coefficient (Wildman–Crippen LogP) is 0.233. The minimum absolute atomic E-state index is 0.00962. The molecular formula is C15H20N2O4. The second-order valence-electron chi connectivity index (χ2n) is 6.34. The Morgan fingerprint density at radius 2 is 1.62 bits per heavy atom.